The van der Waals surface area contributed by atoms with Crippen LogP contribution in [0, 0.1) is 0 Å². The highest BCUT2D eigenvalue weighted by Crippen LogP contribution is 2.11. The van der Waals surface area contributed by atoms with Crippen molar-refractivity contribution in [3.05, 3.63) is 35.1 Å². The molecule has 2 nitrogen and oxygen atoms in total. The SMILES string of the molecule is CC(C)=CCCNc1ccnc(Cl)c1. The Kier molecular flexibility index (Phi) is 4.47. The monoisotopic (exact) mass is 210 g/mol. The molecule has 76 valence electrons. The third kappa shape index (κ3) is 4.28. The summed E-state index contributed by atoms with van der Waals surface area (Å²) in [6.45, 7) is 5.12. The minimum atomic E-state index is 0.525. The smallest absolute Gasteiger partial charge is 0.131 e. The summed E-state index contributed by atoms with van der Waals surface area (Å²) in [5.74, 6) is 0. The van der Waals surface area contributed by atoms with E-state index in [-0.39, 0.29) is 0 Å². The second-order valence-corrected chi connectivity index (χ2v) is 3.75. The molecule has 1 heterocycles. The molecular formula is C11H15ClN2. The van der Waals surface area contributed by atoms with E-state index in [1.54, 1.807) is 6.20 Å². The van der Waals surface area contributed by atoms with E-state index in [4.69, 9.17) is 11.6 Å². The van der Waals surface area contributed by atoms with Crippen molar-refractivity contribution in [3.8, 4) is 0 Å². The number of pyridine rings is 1. The van der Waals surface area contributed by atoms with Crippen molar-refractivity contribution in [2.45, 2.75) is 20.3 Å². The molecule has 0 saturated carbocycles. The van der Waals surface area contributed by atoms with E-state index >= 15 is 0 Å². The van der Waals surface area contributed by atoms with E-state index in [0.717, 1.165) is 18.7 Å². The molecule has 14 heavy (non-hydrogen) atoms. The molecule has 0 bridgehead atoms. The Morgan fingerprint density at radius 3 is 3.00 bits per heavy atom. The molecule has 0 aromatic carbocycles. The van der Waals surface area contributed by atoms with Crippen LogP contribution in [0.2, 0.25) is 5.15 Å². The number of hydrogen-bond acceptors (Lipinski definition) is 2. The van der Waals surface area contributed by atoms with Crippen LogP contribution >= 0.6 is 11.6 Å². The Morgan fingerprint density at radius 1 is 1.57 bits per heavy atom. The number of nitrogens with one attached hydrogen (secondary N) is 1. The van der Waals surface area contributed by atoms with Crippen LogP contribution in [0.4, 0.5) is 5.69 Å². The molecule has 0 fully saturated rings. The van der Waals surface area contributed by atoms with E-state index in [0.29, 0.717) is 5.15 Å². The zero-order valence-electron chi connectivity index (χ0n) is 8.55. The van der Waals surface area contributed by atoms with E-state index < -0.39 is 0 Å². The number of aromatic nitrogens is 1. The lowest BCUT2D eigenvalue weighted by molar-refractivity contribution is 1.05. The van der Waals surface area contributed by atoms with Crippen LogP contribution < -0.4 is 5.32 Å². The van der Waals surface area contributed by atoms with E-state index in [9.17, 15) is 0 Å². The van der Waals surface area contributed by atoms with Gasteiger partial charge in [-0.15, -0.1) is 0 Å². The minimum absolute atomic E-state index is 0.525. The molecule has 0 amide bonds. The molecule has 0 saturated heterocycles. The summed E-state index contributed by atoms with van der Waals surface area (Å²) in [6.07, 6.45) is 4.93. The van der Waals surface area contributed by atoms with Gasteiger partial charge in [0, 0.05) is 18.4 Å². The van der Waals surface area contributed by atoms with Gasteiger partial charge in [-0.1, -0.05) is 23.3 Å². The first-order chi connectivity index (χ1) is 6.68. The van der Waals surface area contributed by atoms with Gasteiger partial charge in [0.05, 0.1) is 0 Å². The van der Waals surface area contributed by atoms with Crippen molar-refractivity contribution < 1.29 is 0 Å². The molecule has 0 aliphatic rings. The number of hydrogen-bond donors (Lipinski definition) is 1. The molecule has 0 unspecified atom stereocenters. The average Bonchev–Trinajstić information content (AvgIpc) is 2.12. The molecule has 0 atom stereocenters. The first kappa shape index (κ1) is 11.1. The summed E-state index contributed by atoms with van der Waals surface area (Å²) >= 11 is 5.75. The van der Waals surface area contributed by atoms with Gasteiger partial charge in [-0.05, 0) is 32.4 Å². The van der Waals surface area contributed by atoms with Crippen molar-refractivity contribution in [2.75, 3.05) is 11.9 Å². The lowest BCUT2D eigenvalue weighted by Gasteiger charge is -2.04. The minimum Gasteiger partial charge on any atom is -0.385 e. The predicted octanol–water partition coefficient (Wildman–Crippen LogP) is 3.50. The lowest BCUT2D eigenvalue weighted by Crippen LogP contribution is -2.00. The lowest BCUT2D eigenvalue weighted by atomic mass is 10.2. The van der Waals surface area contributed by atoms with Crippen LogP contribution in [0.15, 0.2) is 30.0 Å². The summed E-state index contributed by atoms with van der Waals surface area (Å²) in [6, 6.07) is 3.73. The van der Waals surface area contributed by atoms with Gasteiger partial charge >= 0.3 is 0 Å². The standard InChI is InChI=1S/C11H15ClN2/c1-9(2)4-3-6-13-10-5-7-14-11(12)8-10/h4-5,7-8H,3,6H2,1-2H3,(H,13,14). The number of rotatable bonds is 4. The van der Waals surface area contributed by atoms with Gasteiger partial charge in [-0.25, -0.2) is 4.98 Å². The number of anilines is 1. The molecule has 1 aromatic heterocycles. The molecule has 1 aromatic rings. The maximum absolute atomic E-state index is 5.75. The molecular weight excluding hydrogens is 196 g/mol. The number of allylic oxidation sites excluding steroid dienone is 1. The second kappa shape index (κ2) is 5.66. The topological polar surface area (TPSA) is 24.9 Å². The van der Waals surface area contributed by atoms with Crippen molar-refractivity contribution in [2.24, 2.45) is 0 Å². The summed E-state index contributed by atoms with van der Waals surface area (Å²) in [4.78, 5) is 3.91. The van der Waals surface area contributed by atoms with Gasteiger partial charge in [0.1, 0.15) is 5.15 Å². The second-order valence-electron chi connectivity index (χ2n) is 3.36. The van der Waals surface area contributed by atoms with Crippen molar-refractivity contribution in [3.63, 3.8) is 0 Å². The van der Waals surface area contributed by atoms with E-state index in [1.807, 2.05) is 12.1 Å². The largest absolute Gasteiger partial charge is 0.385 e. The van der Waals surface area contributed by atoms with Crippen LogP contribution in [0.25, 0.3) is 0 Å². The molecule has 0 radical (unpaired) electrons. The van der Waals surface area contributed by atoms with Crippen LogP contribution in [-0.4, -0.2) is 11.5 Å². The van der Waals surface area contributed by atoms with Gasteiger partial charge < -0.3 is 5.32 Å². The molecule has 1 N–H and O–H groups in total. The van der Waals surface area contributed by atoms with E-state index in [1.165, 1.54) is 5.57 Å². The molecule has 0 aliphatic heterocycles. The Hall–Kier alpha value is -1.02. The fourth-order valence-electron chi connectivity index (χ4n) is 1.09. The molecule has 0 aliphatic carbocycles. The first-order valence-corrected chi connectivity index (χ1v) is 5.05. The van der Waals surface area contributed by atoms with Crippen LogP contribution in [0.5, 0.6) is 0 Å². The van der Waals surface area contributed by atoms with Crippen molar-refractivity contribution in [1.29, 1.82) is 0 Å². The summed E-state index contributed by atoms with van der Waals surface area (Å²) < 4.78 is 0. The predicted molar refractivity (Wildman–Crippen MR) is 61.8 cm³/mol. The van der Waals surface area contributed by atoms with Crippen LogP contribution in [-0.2, 0) is 0 Å². The summed E-state index contributed by atoms with van der Waals surface area (Å²) in [5, 5.41) is 3.80. The maximum Gasteiger partial charge on any atom is 0.131 e. The van der Waals surface area contributed by atoms with Gasteiger partial charge in [0.15, 0.2) is 0 Å². The Labute approximate surface area is 90.0 Å². The normalized spacial score (nSPS) is 9.64. The first-order valence-electron chi connectivity index (χ1n) is 4.67. The molecule has 0 spiro atoms. The Morgan fingerprint density at radius 2 is 2.36 bits per heavy atom. The van der Waals surface area contributed by atoms with E-state index in [2.05, 4.69) is 30.2 Å². The summed E-state index contributed by atoms with van der Waals surface area (Å²) in [7, 11) is 0. The number of halogens is 1. The highest BCUT2D eigenvalue weighted by Gasteiger charge is 1.92. The number of nitrogens with zero attached hydrogens (tertiary/aromatic N) is 1. The molecule has 1 rings (SSSR count). The van der Waals surface area contributed by atoms with Gasteiger partial charge in [-0.2, -0.15) is 0 Å². The maximum atomic E-state index is 5.75. The highest BCUT2D eigenvalue weighted by atomic mass is 35.5. The average molecular weight is 211 g/mol. The third-order valence-corrected chi connectivity index (χ3v) is 1.96. The van der Waals surface area contributed by atoms with Gasteiger partial charge in [0.25, 0.3) is 0 Å². The fraction of sp³-hybridized carbons (Fsp3) is 0.364. The zero-order valence-corrected chi connectivity index (χ0v) is 9.30. The van der Waals surface area contributed by atoms with Crippen molar-refractivity contribution in [1.82, 2.24) is 4.98 Å². The summed E-state index contributed by atoms with van der Waals surface area (Å²) in [5.41, 5.74) is 2.37. The fourth-order valence-corrected chi connectivity index (χ4v) is 1.26. The zero-order chi connectivity index (χ0) is 10.4. The molecule has 3 heteroatoms. The van der Waals surface area contributed by atoms with Gasteiger partial charge in [-0.3, -0.25) is 0 Å². The highest BCUT2D eigenvalue weighted by molar-refractivity contribution is 6.29. The van der Waals surface area contributed by atoms with Gasteiger partial charge in [0.2, 0.25) is 0 Å². The Bertz CT molecular complexity index is 317. The Balaban J connectivity index is 2.35. The quantitative estimate of drug-likeness (QED) is 0.468. The van der Waals surface area contributed by atoms with Crippen LogP contribution in [0.3, 0.4) is 0 Å². The van der Waals surface area contributed by atoms with Crippen molar-refractivity contribution >= 4 is 17.3 Å². The van der Waals surface area contributed by atoms with Crippen LogP contribution in [0.1, 0.15) is 20.3 Å². The third-order valence-electron chi connectivity index (χ3n) is 1.75.